The Balaban J connectivity index is 1.98. The van der Waals surface area contributed by atoms with Crippen molar-refractivity contribution in [3.8, 4) is 0 Å². The number of anilines is 2. The van der Waals surface area contributed by atoms with Gasteiger partial charge in [0.05, 0.1) is 11.9 Å². The SMILES string of the molecule is CC(C)N(C(=O)c1ccc2c(c1)CCCN2S(C)(=O)=O)c1ccccc1. The van der Waals surface area contributed by atoms with Crippen LogP contribution in [0.15, 0.2) is 48.5 Å². The zero-order chi connectivity index (χ0) is 18.9. The average molecular weight is 372 g/mol. The van der Waals surface area contributed by atoms with Crippen LogP contribution in [-0.2, 0) is 16.4 Å². The molecule has 1 amide bonds. The molecule has 0 saturated carbocycles. The second kappa shape index (κ2) is 7.11. The number of fused-ring (bicyclic) bond motifs is 1. The van der Waals surface area contributed by atoms with Crippen molar-refractivity contribution >= 4 is 27.3 Å². The third kappa shape index (κ3) is 3.60. The van der Waals surface area contributed by atoms with E-state index in [4.69, 9.17) is 0 Å². The molecule has 0 bridgehead atoms. The molecule has 0 aliphatic carbocycles. The number of nitrogens with zero attached hydrogens (tertiary/aromatic N) is 2. The lowest BCUT2D eigenvalue weighted by Crippen LogP contribution is -2.37. The normalized spacial score (nSPS) is 14.2. The van der Waals surface area contributed by atoms with Crippen molar-refractivity contribution in [3.05, 3.63) is 59.7 Å². The topological polar surface area (TPSA) is 57.7 Å². The quantitative estimate of drug-likeness (QED) is 0.826. The minimum Gasteiger partial charge on any atom is -0.306 e. The van der Waals surface area contributed by atoms with E-state index in [2.05, 4.69) is 0 Å². The van der Waals surface area contributed by atoms with E-state index < -0.39 is 10.0 Å². The maximum atomic E-state index is 13.1. The van der Waals surface area contributed by atoms with Gasteiger partial charge in [0.25, 0.3) is 5.91 Å². The predicted octanol–water partition coefficient (Wildman–Crippen LogP) is 3.45. The molecule has 2 aromatic carbocycles. The number of carbonyl (C=O) groups is 1. The van der Waals surface area contributed by atoms with Gasteiger partial charge in [-0.15, -0.1) is 0 Å². The smallest absolute Gasteiger partial charge is 0.258 e. The maximum Gasteiger partial charge on any atom is 0.258 e. The van der Waals surface area contributed by atoms with Gasteiger partial charge in [0.1, 0.15) is 0 Å². The van der Waals surface area contributed by atoms with E-state index in [0.717, 1.165) is 24.1 Å². The Labute approximate surface area is 155 Å². The summed E-state index contributed by atoms with van der Waals surface area (Å²) < 4.78 is 25.4. The number of carbonyl (C=O) groups excluding carboxylic acids is 1. The molecule has 0 spiro atoms. The summed E-state index contributed by atoms with van der Waals surface area (Å²) in [4.78, 5) is 14.9. The number of sulfonamides is 1. The molecule has 0 fully saturated rings. The third-order valence-corrected chi connectivity index (χ3v) is 5.75. The first kappa shape index (κ1) is 18.5. The molecule has 5 nitrogen and oxygen atoms in total. The minimum atomic E-state index is -3.31. The summed E-state index contributed by atoms with van der Waals surface area (Å²) in [6.45, 7) is 4.45. The summed E-state index contributed by atoms with van der Waals surface area (Å²) >= 11 is 0. The zero-order valence-electron chi connectivity index (χ0n) is 15.3. The van der Waals surface area contributed by atoms with Gasteiger partial charge in [-0.2, -0.15) is 0 Å². The lowest BCUT2D eigenvalue weighted by atomic mass is 10.00. The van der Waals surface area contributed by atoms with Crippen molar-refractivity contribution in [2.75, 3.05) is 22.0 Å². The van der Waals surface area contributed by atoms with Crippen LogP contribution in [0.3, 0.4) is 0 Å². The van der Waals surface area contributed by atoms with Gasteiger partial charge in [-0.25, -0.2) is 8.42 Å². The van der Waals surface area contributed by atoms with Crippen LogP contribution >= 0.6 is 0 Å². The lowest BCUT2D eigenvalue weighted by molar-refractivity contribution is 0.0980. The fourth-order valence-electron chi connectivity index (χ4n) is 3.42. The van der Waals surface area contributed by atoms with E-state index in [9.17, 15) is 13.2 Å². The number of hydrogen-bond acceptors (Lipinski definition) is 3. The van der Waals surface area contributed by atoms with Crippen LogP contribution in [0.4, 0.5) is 11.4 Å². The summed E-state index contributed by atoms with van der Waals surface area (Å²) in [5.41, 5.74) is 3.02. The van der Waals surface area contributed by atoms with Crippen molar-refractivity contribution < 1.29 is 13.2 Å². The van der Waals surface area contributed by atoms with Crippen molar-refractivity contribution in [1.82, 2.24) is 0 Å². The fourth-order valence-corrected chi connectivity index (χ4v) is 4.41. The summed E-state index contributed by atoms with van der Waals surface area (Å²) in [6, 6.07) is 14.9. The van der Waals surface area contributed by atoms with Gasteiger partial charge in [-0.05, 0) is 62.6 Å². The van der Waals surface area contributed by atoms with Crippen molar-refractivity contribution in [2.45, 2.75) is 32.7 Å². The first-order valence-corrected chi connectivity index (χ1v) is 10.6. The highest BCUT2D eigenvalue weighted by atomic mass is 32.2. The Morgan fingerprint density at radius 3 is 2.42 bits per heavy atom. The highest BCUT2D eigenvalue weighted by Crippen LogP contribution is 2.31. The second-order valence-electron chi connectivity index (χ2n) is 6.89. The largest absolute Gasteiger partial charge is 0.306 e. The highest BCUT2D eigenvalue weighted by molar-refractivity contribution is 7.92. The number of para-hydroxylation sites is 1. The molecule has 1 aliphatic rings. The van der Waals surface area contributed by atoms with E-state index in [0.29, 0.717) is 17.8 Å². The van der Waals surface area contributed by atoms with Gasteiger partial charge in [-0.3, -0.25) is 9.10 Å². The van der Waals surface area contributed by atoms with Crippen LogP contribution in [0.2, 0.25) is 0 Å². The molecule has 0 N–H and O–H groups in total. The molecule has 26 heavy (non-hydrogen) atoms. The van der Waals surface area contributed by atoms with Crippen LogP contribution in [0.1, 0.15) is 36.2 Å². The van der Waals surface area contributed by atoms with Gasteiger partial charge < -0.3 is 4.90 Å². The maximum absolute atomic E-state index is 13.1. The van der Waals surface area contributed by atoms with Gasteiger partial charge in [0.15, 0.2) is 0 Å². The van der Waals surface area contributed by atoms with Gasteiger partial charge in [-0.1, -0.05) is 18.2 Å². The van der Waals surface area contributed by atoms with Crippen LogP contribution in [-0.4, -0.2) is 33.2 Å². The molecule has 6 heteroatoms. The van der Waals surface area contributed by atoms with Gasteiger partial charge >= 0.3 is 0 Å². The molecule has 138 valence electrons. The van der Waals surface area contributed by atoms with Crippen molar-refractivity contribution in [2.24, 2.45) is 0 Å². The van der Waals surface area contributed by atoms with E-state index in [-0.39, 0.29) is 11.9 Å². The Bertz CT molecular complexity index is 908. The first-order chi connectivity index (χ1) is 12.3. The number of amides is 1. The van der Waals surface area contributed by atoms with E-state index in [1.54, 1.807) is 17.0 Å². The number of benzene rings is 2. The molecule has 0 radical (unpaired) electrons. The van der Waals surface area contributed by atoms with E-state index in [1.165, 1.54) is 10.6 Å². The summed E-state index contributed by atoms with van der Waals surface area (Å²) in [6.07, 6.45) is 2.75. The van der Waals surface area contributed by atoms with E-state index in [1.807, 2.05) is 50.2 Å². The zero-order valence-corrected chi connectivity index (χ0v) is 16.2. The molecular weight excluding hydrogens is 348 g/mol. The Morgan fingerprint density at radius 2 is 1.81 bits per heavy atom. The predicted molar refractivity (Wildman–Crippen MR) is 105 cm³/mol. The molecule has 3 rings (SSSR count). The standard InChI is InChI=1S/C20H24N2O3S/c1-15(2)22(18-9-5-4-6-10-18)20(23)17-11-12-19-16(14-17)8-7-13-21(19)26(3,24)25/h4-6,9-12,14-15H,7-8,13H2,1-3H3. The molecule has 0 saturated heterocycles. The molecule has 2 aromatic rings. The Morgan fingerprint density at radius 1 is 1.12 bits per heavy atom. The lowest BCUT2D eigenvalue weighted by Gasteiger charge is -2.31. The van der Waals surface area contributed by atoms with Crippen molar-refractivity contribution in [1.29, 1.82) is 0 Å². The van der Waals surface area contributed by atoms with Crippen LogP contribution < -0.4 is 9.21 Å². The third-order valence-electron chi connectivity index (χ3n) is 4.57. The Hall–Kier alpha value is -2.34. The number of rotatable bonds is 4. The van der Waals surface area contributed by atoms with Gasteiger partial charge in [0.2, 0.25) is 10.0 Å². The van der Waals surface area contributed by atoms with Crippen LogP contribution in [0.25, 0.3) is 0 Å². The number of hydrogen-bond donors (Lipinski definition) is 0. The summed E-state index contributed by atoms with van der Waals surface area (Å²) in [5, 5.41) is 0. The molecule has 0 unspecified atom stereocenters. The van der Waals surface area contributed by atoms with Gasteiger partial charge in [0, 0.05) is 23.8 Å². The fraction of sp³-hybridized carbons (Fsp3) is 0.350. The molecule has 0 aromatic heterocycles. The first-order valence-electron chi connectivity index (χ1n) is 8.78. The second-order valence-corrected chi connectivity index (χ2v) is 8.79. The number of aryl methyl sites for hydroxylation is 1. The summed E-state index contributed by atoms with van der Waals surface area (Å²) in [7, 11) is -3.31. The molecule has 1 heterocycles. The Kier molecular flexibility index (Phi) is 5.05. The van der Waals surface area contributed by atoms with E-state index >= 15 is 0 Å². The van der Waals surface area contributed by atoms with Crippen molar-refractivity contribution in [3.63, 3.8) is 0 Å². The molecule has 1 aliphatic heterocycles. The minimum absolute atomic E-state index is 0.00782. The monoisotopic (exact) mass is 372 g/mol. The summed E-state index contributed by atoms with van der Waals surface area (Å²) in [5.74, 6) is -0.0783. The van der Waals surface area contributed by atoms with Crippen LogP contribution in [0, 0.1) is 0 Å². The average Bonchev–Trinajstić information content (AvgIpc) is 2.60. The van der Waals surface area contributed by atoms with Crippen LogP contribution in [0.5, 0.6) is 0 Å². The molecule has 0 atom stereocenters. The molecular formula is C20H24N2O3S. The highest BCUT2D eigenvalue weighted by Gasteiger charge is 2.26.